The highest BCUT2D eigenvalue weighted by Gasteiger charge is 2.33. The van der Waals surface area contributed by atoms with Gasteiger partial charge in [0.1, 0.15) is 6.10 Å². The Morgan fingerprint density at radius 1 is 1.71 bits per heavy atom. The van der Waals surface area contributed by atoms with Crippen LogP contribution in [-0.4, -0.2) is 25.6 Å². The Bertz CT molecular complexity index is 303. The van der Waals surface area contributed by atoms with Crippen LogP contribution < -0.4 is 0 Å². The number of aromatic nitrogens is 2. The van der Waals surface area contributed by atoms with E-state index in [1.165, 1.54) is 10.9 Å². The number of hydrogen-bond donors (Lipinski definition) is 2. The van der Waals surface area contributed by atoms with Gasteiger partial charge in [-0.15, -0.1) is 0 Å². The monoisotopic (exact) mass is 218 g/mol. The molecule has 0 aliphatic carbocycles. The van der Waals surface area contributed by atoms with Gasteiger partial charge in [-0.3, -0.25) is 4.68 Å². The lowest BCUT2D eigenvalue weighted by atomic mass is 9.94. The van der Waals surface area contributed by atoms with Gasteiger partial charge >= 0.3 is 0 Å². The summed E-state index contributed by atoms with van der Waals surface area (Å²) >= 11 is 5.85. The molecular formula is C9H15ClN2O2. The van der Waals surface area contributed by atoms with Crippen molar-refractivity contribution < 1.29 is 10.2 Å². The maximum Gasteiger partial charge on any atom is 0.125 e. The van der Waals surface area contributed by atoms with Crippen molar-refractivity contribution in [2.24, 2.45) is 7.05 Å². The standard InChI is InChI=1S/C9H15ClN2O2/c1-4-9(2,14)8(13)7-6(10)5-11-12(7)3/h5,8,13-14H,4H2,1-3H3. The average molecular weight is 219 g/mol. The SMILES string of the molecule is CCC(C)(O)C(O)c1c(Cl)cnn1C. The summed E-state index contributed by atoms with van der Waals surface area (Å²) in [6.45, 7) is 3.37. The van der Waals surface area contributed by atoms with Gasteiger partial charge in [-0.05, 0) is 13.3 Å². The molecule has 1 rings (SSSR count). The van der Waals surface area contributed by atoms with E-state index >= 15 is 0 Å². The second kappa shape index (κ2) is 3.88. The minimum Gasteiger partial charge on any atom is -0.387 e. The zero-order valence-corrected chi connectivity index (χ0v) is 9.28. The molecule has 0 aliphatic rings. The number of rotatable bonds is 3. The van der Waals surface area contributed by atoms with Gasteiger partial charge in [0, 0.05) is 7.05 Å². The molecule has 0 radical (unpaired) electrons. The average Bonchev–Trinajstić information content (AvgIpc) is 2.45. The highest BCUT2D eigenvalue weighted by molar-refractivity contribution is 6.31. The molecular weight excluding hydrogens is 204 g/mol. The zero-order chi connectivity index (χ0) is 10.9. The van der Waals surface area contributed by atoms with E-state index < -0.39 is 11.7 Å². The summed E-state index contributed by atoms with van der Waals surface area (Å²) in [5, 5.41) is 24.0. The summed E-state index contributed by atoms with van der Waals surface area (Å²) < 4.78 is 1.47. The van der Waals surface area contributed by atoms with Crippen LogP contribution in [0.2, 0.25) is 5.02 Å². The van der Waals surface area contributed by atoms with Crippen molar-refractivity contribution in [1.82, 2.24) is 9.78 Å². The highest BCUT2D eigenvalue weighted by atomic mass is 35.5. The van der Waals surface area contributed by atoms with Crippen molar-refractivity contribution >= 4 is 11.6 Å². The van der Waals surface area contributed by atoms with Crippen LogP contribution in [0.25, 0.3) is 0 Å². The van der Waals surface area contributed by atoms with Crippen LogP contribution in [-0.2, 0) is 7.05 Å². The lowest BCUT2D eigenvalue weighted by Crippen LogP contribution is -2.33. The van der Waals surface area contributed by atoms with Gasteiger partial charge in [0.15, 0.2) is 0 Å². The normalized spacial score (nSPS) is 17.9. The molecule has 0 saturated heterocycles. The number of halogens is 1. The van der Waals surface area contributed by atoms with Crippen molar-refractivity contribution in [1.29, 1.82) is 0 Å². The largest absolute Gasteiger partial charge is 0.387 e. The first-order chi connectivity index (χ1) is 6.40. The van der Waals surface area contributed by atoms with E-state index in [1.54, 1.807) is 20.9 Å². The Kier molecular flexibility index (Phi) is 3.19. The molecule has 4 nitrogen and oxygen atoms in total. The predicted octanol–water partition coefficient (Wildman–Crippen LogP) is 1.27. The lowest BCUT2D eigenvalue weighted by Gasteiger charge is -2.27. The summed E-state index contributed by atoms with van der Waals surface area (Å²) in [5.74, 6) is 0. The minimum atomic E-state index is -1.18. The molecule has 0 bridgehead atoms. The molecule has 1 aromatic rings. The van der Waals surface area contributed by atoms with E-state index in [9.17, 15) is 10.2 Å². The molecule has 0 aliphatic heterocycles. The molecule has 5 heteroatoms. The van der Waals surface area contributed by atoms with E-state index in [0.717, 1.165) is 0 Å². The van der Waals surface area contributed by atoms with Crippen molar-refractivity contribution in [2.45, 2.75) is 32.0 Å². The summed E-state index contributed by atoms with van der Waals surface area (Å²) in [7, 11) is 1.68. The smallest absolute Gasteiger partial charge is 0.125 e. The third-order valence-corrected chi connectivity index (χ3v) is 2.79. The number of nitrogens with zero attached hydrogens (tertiary/aromatic N) is 2. The fourth-order valence-corrected chi connectivity index (χ4v) is 1.48. The maximum atomic E-state index is 9.90. The molecule has 80 valence electrons. The van der Waals surface area contributed by atoms with E-state index in [1.807, 2.05) is 0 Å². The number of aliphatic hydroxyl groups excluding tert-OH is 1. The lowest BCUT2D eigenvalue weighted by molar-refractivity contribution is -0.0692. The third kappa shape index (κ3) is 1.92. The summed E-state index contributed by atoms with van der Waals surface area (Å²) in [6, 6.07) is 0. The molecule has 2 atom stereocenters. The quantitative estimate of drug-likeness (QED) is 0.804. The molecule has 0 amide bonds. The van der Waals surface area contributed by atoms with Crippen LogP contribution >= 0.6 is 11.6 Å². The van der Waals surface area contributed by atoms with Crippen LogP contribution in [0.1, 0.15) is 32.1 Å². The first-order valence-corrected chi connectivity index (χ1v) is 4.85. The predicted molar refractivity (Wildman–Crippen MR) is 54.1 cm³/mol. The van der Waals surface area contributed by atoms with E-state index in [2.05, 4.69) is 5.10 Å². The van der Waals surface area contributed by atoms with Gasteiger partial charge in [0.25, 0.3) is 0 Å². The van der Waals surface area contributed by atoms with Gasteiger partial charge in [0.05, 0.1) is 22.5 Å². The molecule has 1 heterocycles. The molecule has 1 aromatic heterocycles. The van der Waals surface area contributed by atoms with Gasteiger partial charge < -0.3 is 10.2 Å². The van der Waals surface area contributed by atoms with Crippen molar-refractivity contribution in [2.75, 3.05) is 0 Å². The molecule has 0 fully saturated rings. The van der Waals surface area contributed by atoms with E-state index in [-0.39, 0.29) is 0 Å². The Hall–Kier alpha value is -0.580. The minimum absolute atomic E-state index is 0.369. The van der Waals surface area contributed by atoms with Crippen molar-refractivity contribution in [3.8, 4) is 0 Å². The number of aliphatic hydroxyl groups is 2. The van der Waals surface area contributed by atoms with E-state index in [4.69, 9.17) is 11.6 Å². The van der Waals surface area contributed by atoms with Gasteiger partial charge in [0.2, 0.25) is 0 Å². The molecule has 14 heavy (non-hydrogen) atoms. The van der Waals surface area contributed by atoms with Crippen LogP contribution in [0, 0.1) is 0 Å². The van der Waals surface area contributed by atoms with Crippen molar-refractivity contribution in [3.63, 3.8) is 0 Å². The van der Waals surface area contributed by atoms with E-state index in [0.29, 0.717) is 17.1 Å². The first-order valence-electron chi connectivity index (χ1n) is 4.48. The van der Waals surface area contributed by atoms with Crippen molar-refractivity contribution in [3.05, 3.63) is 16.9 Å². The molecule has 0 aromatic carbocycles. The topological polar surface area (TPSA) is 58.3 Å². The maximum absolute atomic E-state index is 9.90. The van der Waals surface area contributed by atoms with Gasteiger partial charge in [-0.25, -0.2) is 0 Å². The second-order valence-electron chi connectivity index (χ2n) is 3.61. The third-order valence-electron chi connectivity index (χ3n) is 2.50. The Morgan fingerprint density at radius 3 is 2.64 bits per heavy atom. The van der Waals surface area contributed by atoms with Crippen LogP contribution in [0.3, 0.4) is 0 Å². The van der Waals surface area contributed by atoms with Crippen LogP contribution in [0.15, 0.2) is 6.20 Å². The number of aryl methyl sites for hydroxylation is 1. The fourth-order valence-electron chi connectivity index (χ4n) is 1.22. The summed E-state index contributed by atoms with van der Waals surface area (Å²) in [5.41, 5.74) is -0.740. The Balaban J connectivity index is 3.06. The zero-order valence-electron chi connectivity index (χ0n) is 8.53. The number of hydrogen-bond acceptors (Lipinski definition) is 3. The first kappa shape index (κ1) is 11.5. The van der Waals surface area contributed by atoms with Gasteiger partial charge in [-0.1, -0.05) is 18.5 Å². The van der Waals surface area contributed by atoms with Crippen LogP contribution in [0.5, 0.6) is 0 Å². The Labute approximate surface area is 88.1 Å². The molecule has 0 spiro atoms. The van der Waals surface area contributed by atoms with Gasteiger partial charge in [-0.2, -0.15) is 5.10 Å². The molecule has 2 N–H and O–H groups in total. The van der Waals surface area contributed by atoms with Crippen LogP contribution in [0.4, 0.5) is 0 Å². The fraction of sp³-hybridized carbons (Fsp3) is 0.667. The second-order valence-corrected chi connectivity index (χ2v) is 4.02. The molecule has 0 saturated carbocycles. The summed E-state index contributed by atoms with van der Waals surface area (Å²) in [6.07, 6.45) is 0.870. The highest BCUT2D eigenvalue weighted by Crippen LogP contribution is 2.32. The molecule has 2 unspecified atom stereocenters. The Morgan fingerprint density at radius 2 is 2.29 bits per heavy atom. The summed E-state index contributed by atoms with van der Waals surface area (Å²) in [4.78, 5) is 0.